The van der Waals surface area contributed by atoms with E-state index >= 15 is 0 Å². The highest BCUT2D eigenvalue weighted by Crippen LogP contribution is 2.28. The quantitative estimate of drug-likeness (QED) is 0.626. The lowest BCUT2D eigenvalue weighted by Gasteiger charge is -2.17. The van der Waals surface area contributed by atoms with E-state index in [9.17, 15) is 9.90 Å². The number of hydrogen-bond acceptors (Lipinski definition) is 5. The van der Waals surface area contributed by atoms with Crippen LogP contribution in [0.15, 0.2) is 77.2 Å². The van der Waals surface area contributed by atoms with Gasteiger partial charge in [0.25, 0.3) is 0 Å². The van der Waals surface area contributed by atoms with E-state index in [4.69, 9.17) is 23.1 Å². The van der Waals surface area contributed by atoms with Gasteiger partial charge in [0.2, 0.25) is 0 Å². The Hall–Kier alpha value is -2.81. The largest absolute Gasteiger partial charge is 0.478 e. The van der Waals surface area contributed by atoms with E-state index in [-0.39, 0.29) is 5.56 Å². The minimum atomic E-state index is -4.94. The molecule has 2 aromatic carbocycles. The molecule has 134 valence electrons. The van der Waals surface area contributed by atoms with Crippen LogP contribution in [-0.4, -0.2) is 11.1 Å². The molecule has 1 aromatic heterocycles. The highest BCUT2D eigenvalue weighted by Gasteiger charge is 2.21. The zero-order valence-corrected chi connectivity index (χ0v) is 14.0. The highest BCUT2D eigenvalue weighted by molar-refractivity contribution is 5.90. The summed E-state index contributed by atoms with van der Waals surface area (Å²) in [4.78, 5) is 11.3. The molecule has 0 spiro atoms. The molecule has 0 saturated heterocycles. The maximum absolute atomic E-state index is 11.3. The van der Waals surface area contributed by atoms with Gasteiger partial charge in [-0.05, 0) is 24.3 Å². The Morgan fingerprint density at radius 2 is 1.12 bits per heavy atom. The molecule has 0 aliphatic carbocycles. The van der Waals surface area contributed by atoms with Crippen molar-refractivity contribution >= 4 is 5.97 Å². The molecule has 0 aliphatic rings. The van der Waals surface area contributed by atoms with Crippen LogP contribution < -0.4 is 18.6 Å². The van der Waals surface area contributed by atoms with E-state index in [2.05, 4.69) is 0 Å². The molecule has 0 amide bonds. The van der Waals surface area contributed by atoms with Crippen molar-refractivity contribution in [2.75, 3.05) is 0 Å². The van der Waals surface area contributed by atoms with Gasteiger partial charge in [0.15, 0.2) is 0 Å². The average molecular weight is 377 g/mol. The molecular weight excluding hydrogens is 364 g/mol. The molecule has 1 N–H and O–H groups in total. The Morgan fingerprint density at radius 3 is 1.42 bits per heavy atom. The fourth-order valence-electron chi connectivity index (χ4n) is 2.11. The Labute approximate surface area is 150 Å². The lowest BCUT2D eigenvalue weighted by atomic mass is 10.1. The molecule has 0 saturated carbocycles. The molecule has 0 unspecified atom stereocenters. The highest BCUT2D eigenvalue weighted by atomic mass is 35.7. The summed E-state index contributed by atoms with van der Waals surface area (Å²) < 4.78 is 39.8. The van der Waals surface area contributed by atoms with Crippen LogP contribution in [0.1, 0.15) is 10.4 Å². The number of benzene rings is 2. The first-order chi connectivity index (χ1) is 12.2. The topological polar surface area (TPSA) is 141 Å². The SMILES string of the molecule is O=C(O)c1cc(-c2ccccc2)[o+]c(-c2ccccc2)c1.[O-][Cl+3]([O-])([O-])[O-]. The molecule has 1 heterocycles. The van der Waals surface area contributed by atoms with Crippen LogP contribution in [0, 0.1) is 10.2 Å². The Balaban J connectivity index is 0.000000431. The Kier molecular flexibility index (Phi) is 6.40. The summed E-state index contributed by atoms with van der Waals surface area (Å²) in [5, 5.41) is 9.29. The summed E-state index contributed by atoms with van der Waals surface area (Å²) in [6, 6.07) is 22.0. The van der Waals surface area contributed by atoms with Crippen molar-refractivity contribution in [3.8, 4) is 22.6 Å². The first-order valence-corrected chi connectivity index (χ1v) is 8.41. The number of carboxylic acids is 1. The zero-order valence-electron chi connectivity index (χ0n) is 13.2. The molecule has 0 aliphatic heterocycles. The van der Waals surface area contributed by atoms with E-state index in [1.165, 1.54) is 0 Å². The number of carboxylic acid groups (broad SMARTS) is 1. The van der Waals surface area contributed by atoms with Gasteiger partial charge in [-0.25, -0.2) is 27.8 Å². The number of rotatable bonds is 3. The van der Waals surface area contributed by atoms with Crippen LogP contribution in [0.4, 0.5) is 0 Å². The Bertz CT molecular complexity index is 798. The second kappa shape index (κ2) is 8.52. The van der Waals surface area contributed by atoms with Crippen LogP contribution in [-0.2, 0) is 0 Å². The van der Waals surface area contributed by atoms with Gasteiger partial charge < -0.3 is 5.11 Å². The summed E-state index contributed by atoms with van der Waals surface area (Å²) in [5.74, 6) is 0.101. The van der Waals surface area contributed by atoms with Crippen molar-refractivity contribution in [1.29, 1.82) is 0 Å². The van der Waals surface area contributed by atoms with Crippen molar-refractivity contribution in [3.63, 3.8) is 0 Å². The van der Waals surface area contributed by atoms with Gasteiger partial charge in [0.1, 0.15) is 0 Å². The number of carbonyl (C=O) groups is 1. The third kappa shape index (κ3) is 6.25. The van der Waals surface area contributed by atoms with E-state index in [0.29, 0.717) is 11.5 Å². The summed E-state index contributed by atoms with van der Waals surface area (Å²) in [7, 11) is -4.94. The lowest BCUT2D eigenvalue weighted by Crippen LogP contribution is -2.68. The van der Waals surface area contributed by atoms with E-state index in [0.717, 1.165) is 11.1 Å². The molecule has 0 atom stereocenters. The summed E-state index contributed by atoms with van der Waals surface area (Å²) >= 11 is 0. The predicted octanol–water partition coefficient (Wildman–Crippen LogP) is -0.163. The molecule has 7 nitrogen and oxygen atoms in total. The standard InChI is InChI=1S/C18H12O3.ClHO4/c19-18(20)15-11-16(13-7-3-1-4-8-13)21-17(12-15)14-9-5-2-6-10-14;2-1(3,4)5/h1-12H;(H,2,3,4,5). The number of hydrogen-bond donors (Lipinski definition) is 1. The van der Waals surface area contributed by atoms with Crippen LogP contribution in [0.5, 0.6) is 0 Å². The smallest absolute Gasteiger partial charge is 0.361 e. The fraction of sp³-hybridized carbons (Fsp3) is 0. The van der Waals surface area contributed by atoms with Crippen molar-refractivity contribution in [2.24, 2.45) is 0 Å². The van der Waals surface area contributed by atoms with Gasteiger partial charge in [-0.1, -0.05) is 36.4 Å². The predicted molar refractivity (Wildman–Crippen MR) is 80.9 cm³/mol. The lowest BCUT2D eigenvalue weighted by molar-refractivity contribution is -2.00. The first kappa shape index (κ1) is 19.5. The first-order valence-electron chi connectivity index (χ1n) is 7.18. The molecule has 0 fully saturated rings. The minimum Gasteiger partial charge on any atom is -0.478 e. The van der Waals surface area contributed by atoms with E-state index in [1.54, 1.807) is 12.1 Å². The molecule has 3 aromatic rings. The van der Waals surface area contributed by atoms with Gasteiger partial charge in [0.05, 0.1) is 28.8 Å². The summed E-state index contributed by atoms with van der Waals surface area (Å²) in [6.45, 7) is 0. The Morgan fingerprint density at radius 1 is 0.769 bits per heavy atom. The molecule has 8 heteroatoms. The van der Waals surface area contributed by atoms with Crippen LogP contribution in [0.3, 0.4) is 0 Å². The van der Waals surface area contributed by atoms with Gasteiger partial charge in [-0.15, -0.1) is 10.2 Å². The van der Waals surface area contributed by atoms with Crippen LogP contribution in [0.25, 0.3) is 22.6 Å². The maximum Gasteiger partial charge on any atom is 0.361 e. The molecule has 26 heavy (non-hydrogen) atoms. The van der Waals surface area contributed by atoms with Gasteiger partial charge in [-0.3, -0.25) is 0 Å². The summed E-state index contributed by atoms with van der Waals surface area (Å²) in [6.07, 6.45) is 0. The third-order valence-electron chi connectivity index (χ3n) is 3.16. The van der Waals surface area contributed by atoms with Gasteiger partial charge in [-0.2, -0.15) is 0 Å². The monoisotopic (exact) mass is 376 g/mol. The van der Waals surface area contributed by atoms with E-state index in [1.807, 2.05) is 60.7 Å². The van der Waals surface area contributed by atoms with Crippen LogP contribution >= 0.6 is 0 Å². The van der Waals surface area contributed by atoms with Crippen molar-refractivity contribution in [1.82, 2.24) is 0 Å². The zero-order chi connectivity index (χ0) is 19.2. The second-order valence-corrected chi connectivity index (χ2v) is 5.75. The summed E-state index contributed by atoms with van der Waals surface area (Å²) in [5.41, 5.74) is 1.90. The van der Waals surface area contributed by atoms with Crippen molar-refractivity contribution < 1.29 is 43.2 Å². The number of aromatic carboxylic acids is 1. The molecule has 0 bridgehead atoms. The van der Waals surface area contributed by atoms with E-state index < -0.39 is 16.2 Å². The van der Waals surface area contributed by atoms with Crippen molar-refractivity contribution in [2.45, 2.75) is 0 Å². The fourth-order valence-corrected chi connectivity index (χ4v) is 2.11. The minimum absolute atomic E-state index is 0.207. The normalized spacial score (nSPS) is 10.6. The van der Waals surface area contributed by atoms with Gasteiger partial charge >= 0.3 is 17.5 Å². The maximum atomic E-state index is 11.3. The third-order valence-corrected chi connectivity index (χ3v) is 3.16. The van der Waals surface area contributed by atoms with Crippen LogP contribution in [0.2, 0.25) is 0 Å². The van der Waals surface area contributed by atoms with Gasteiger partial charge in [0, 0.05) is 0 Å². The molecule has 0 radical (unpaired) electrons. The van der Waals surface area contributed by atoms with Crippen molar-refractivity contribution in [3.05, 3.63) is 78.4 Å². The average Bonchev–Trinajstić information content (AvgIpc) is 2.61. The molecule has 3 rings (SSSR count). The number of halogens is 1. The molecular formula is C18H13ClO7. The second-order valence-electron chi connectivity index (χ2n) is 4.99.